The Hall–Kier alpha value is -4.53. The molecule has 1 amide bonds. The Labute approximate surface area is 194 Å². The summed E-state index contributed by atoms with van der Waals surface area (Å²) in [6.45, 7) is 1.82. The third-order valence-electron chi connectivity index (χ3n) is 5.12. The van der Waals surface area contributed by atoms with Gasteiger partial charge in [-0.25, -0.2) is 9.37 Å². The maximum atomic E-state index is 12.9. The molecule has 9 heteroatoms. The molecule has 0 aliphatic carbocycles. The van der Waals surface area contributed by atoms with Gasteiger partial charge in [0.05, 0.1) is 11.0 Å². The number of nitrogens with one attached hydrogen (secondary N) is 1. The third-order valence-corrected chi connectivity index (χ3v) is 5.12. The fourth-order valence-electron chi connectivity index (χ4n) is 3.51. The van der Waals surface area contributed by atoms with Gasteiger partial charge in [0.15, 0.2) is 6.61 Å². The van der Waals surface area contributed by atoms with Crippen molar-refractivity contribution in [2.45, 2.75) is 13.3 Å². The van der Waals surface area contributed by atoms with Gasteiger partial charge < -0.3 is 14.8 Å². The molecule has 2 heterocycles. The molecule has 0 radical (unpaired) electrons. The first-order valence-electron chi connectivity index (χ1n) is 10.7. The second kappa shape index (κ2) is 9.14. The lowest BCUT2D eigenvalue weighted by atomic mass is 10.3. The lowest BCUT2D eigenvalue weighted by Crippen LogP contribution is -2.20. The molecule has 0 saturated heterocycles. The van der Waals surface area contributed by atoms with E-state index in [4.69, 9.17) is 9.47 Å². The molecule has 0 spiro atoms. The summed E-state index contributed by atoms with van der Waals surface area (Å²) in [4.78, 5) is 16.8. The van der Waals surface area contributed by atoms with Gasteiger partial charge in [-0.2, -0.15) is 0 Å². The number of hydrogen-bond donors (Lipinski definition) is 1. The first-order valence-corrected chi connectivity index (χ1v) is 10.7. The predicted molar refractivity (Wildman–Crippen MR) is 125 cm³/mol. The van der Waals surface area contributed by atoms with Crippen LogP contribution in [0.25, 0.3) is 16.7 Å². The zero-order valence-electron chi connectivity index (χ0n) is 18.2. The first kappa shape index (κ1) is 21.3. The van der Waals surface area contributed by atoms with Crippen LogP contribution in [0, 0.1) is 5.82 Å². The maximum absolute atomic E-state index is 12.9. The van der Waals surface area contributed by atoms with Crippen LogP contribution in [0.4, 0.5) is 10.1 Å². The number of nitrogens with zero attached hydrogens (tertiary/aromatic N) is 4. The second-order valence-corrected chi connectivity index (χ2v) is 7.45. The average Bonchev–Trinajstić information content (AvgIpc) is 3.30. The lowest BCUT2D eigenvalue weighted by molar-refractivity contribution is -0.118. The zero-order valence-corrected chi connectivity index (χ0v) is 18.2. The highest BCUT2D eigenvalue weighted by Crippen LogP contribution is 2.28. The molecule has 0 fully saturated rings. The van der Waals surface area contributed by atoms with Crippen LogP contribution < -0.4 is 14.8 Å². The van der Waals surface area contributed by atoms with Crippen molar-refractivity contribution in [1.82, 2.24) is 19.6 Å². The van der Waals surface area contributed by atoms with Gasteiger partial charge in [0, 0.05) is 12.1 Å². The van der Waals surface area contributed by atoms with Crippen LogP contribution in [0.1, 0.15) is 12.7 Å². The van der Waals surface area contributed by atoms with Gasteiger partial charge in [-0.1, -0.05) is 19.1 Å². The molecule has 0 aliphatic rings. The van der Waals surface area contributed by atoms with E-state index >= 15 is 0 Å². The number of carbonyl (C=O) groups excluding carboxylic acids is 1. The molecule has 0 unspecified atom stereocenters. The maximum Gasteiger partial charge on any atom is 0.266 e. The van der Waals surface area contributed by atoms with E-state index in [1.807, 2.05) is 35.6 Å². The normalized spacial score (nSPS) is 11.0. The third kappa shape index (κ3) is 4.36. The van der Waals surface area contributed by atoms with Crippen molar-refractivity contribution in [3.63, 3.8) is 0 Å². The van der Waals surface area contributed by atoms with Crippen LogP contribution in [-0.2, 0) is 11.2 Å². The topological polar surface area (TPSA) is 90.6 Å². The smallest absolute Gasteiger partial charge is 0.266 e. The zero-order chi connectivity index (χ0) is 23.5. The molecular weight excluding hydrogens is 437 g/mol. The molecule has 5 aromatic rings. The van der Waals surface area contributed by atoms with Crippen molar-refractivity contribution < 1.29 is 18.7 Å². The van der Waals surface area contributed by atoms with Gasteiger partial charge in [0.1, 0.15) is 23.1 Å². The molecule has 0 aliphatic heterocycles. The molecule has 34 heavy (non-hydrogen) atoms. The highest BCUT2D eigenvalue weighted by atomic mass is 19.1. The largest absolute Gasteiger partial charge is 0.484 e. The summed E-state index contributed by atoms with van der Waals surface area (Å²) in [5.74, 6) is 1.40. The summed E-state index contributed by atoms with van der Waals surface area (Å²) in [5.41, 5.74) is 2.79. The molecule has 1 N–H and O–H groups in total. The number of rotatable bonds is 7. The Bertz CT molecular complexity index is 1470. The highest BCUT2D eigenvalue weighted by Gasteiger charge is 2.16. The number of ether oxygens (including phenoxy) is 2. The Kier molecular flexibility index (Phi) is 5.73. The minimum Gasteiger partial charge on any atom is -0.484 e. The molecule has 170 valence electrons. The van der Waals surface area contributed by atoms with Gasteiger partial charge in [-0.3, -0.25) is 9.20 Å². The number of fused-ring (bicyclic) bond motifs is 3. The summed E-state index contributed by atoms with van der Waals surface area (Å²) in [7, 11) is 0. The molecule has 0 saturated carbocycles. The lowest BCUT2D eigenvalue weighted by Gasteiger charge is -2.10. The molecular formula is C25H20FN5O3. The van der Waals surface area contributed by atoms with E-state index < -0.39 is 0 Å². The van der Waals surface area contributed by atoms with Crippen molar-refractivity contribution in [3.05, 3.63) is 84.4 Å². The van der Waals surface area contributed by atoms with E-state index in [0.29, 0.717) is 35.1 Å². The fraction of sp³-hybridized carbons (Fsp3) is 0.120. The first-order chi connectivity index (χ1) is 16.6. The fourth-order valence-corrected chi connectivity index (χ4v) is 3.51. The molecule has 3 aromatic carbocycles. The predicted octanol–water partition coefficient (Wildman–Crippen LogP) is 4.79. The van der Waals surface area contributed by atoms with Crippen LogP contribution in [0.3, 0.4) is 0 Å². The monoisotopic (exact) mass is 457 g/mol. The van der Waals surface area contributed by atoms with E-state index in [2.05, 4.69) is 20.5 Å². The number of halogens is 1. The van der Waals surface area contributed by atoms with Crippen LogP contribution in [0.2, 0.25) is 0 Å². The SMILES string of the molecule is CCc1nnc2c(Oc3ccc(NC(=O)COc4ccc(F)cc4)cc3)nc3ccccc3n12. The number of aromatic nitrogens is 4. The number of benzene rings is 3. The minimum absolute atomic E-state index is 0.199. The second-order valence-electron chi connectivity index (χ2n) is 7.45. The summed E-state index contributed by atoms with van der Waals surface area (Å²) in [6, 6.07) is 20.1. The standard InChI is InChI=1S/C25H20FN5O3/c1-2-22-29-30-24-25(28-20-5-3-4-6-21(20)31(22)24)34-19-13-9-17(10-14-19)27-23(32)15-33-18-11-7-16(26)8-12-18/h3-14H,2,15H2,1H3,(H,27,32). The molecule has 0 atom stereocenters. The van der Waals surface area contributed by atoms with E-state index in [-0.39, 0.29) is 18.3 Å². The Morgan fingerprint density at radius 3 is 2.47 bits per heavy atom. The molecule has 5 rings (SSSR count). The van der Waals surface area contributed by atoms with Gasteiger partial charge in [-0.05, 0) is 60.7 Å². The summed E-state index contributed by atoms with van der Waals surface area (Å²) < 4.78 is 26.3. The van der Waals surface area contributed by atoms with Crippen LogP contribution >= 0.6 is 0 Å². The summed E-state index contributed by atoms with van der Waals surface area (Å²) in [5, 5.41) is 11.3. The Balaban J connectivity index is 1.30. The van der Waals surface area contributed by atoms with E-state index in [1.54, 1.807) is 24.3 Å². The average molecular weight is 457 g/mol. The van der Waals surface area contributed by atoms with Crippen molar-refractivity contribution in [1.29, 1.82) is 0 Å². The van der Waals surface area contributed by atoms with Crippen molar-refractivity contribution >= 4 is 28.3 Å². The number of amides is 1. The summed E-state index contributed by atoms with van der Waals surface area (Å²) in [6.07, 6.45) is 0.716. The Morgan fingerprint density at radius 2 is 1.71 bits per heavy atom. The quantitative estimate of drug-likeness (QED) is 0.378. The van der Waals surface area contributed by atoms with E-state index in [0.717, 1.165) is 16.9 Å². The minimum atomic E-state index is -0.367. The number of anilines is 1. The van der Waals surface area contributed by atoms with Crippen molar-refractivity contribution in [3.8, 4) is 17.4 Å². The van der Waals surface area contributed by atoms with Gasteiger partial charge in [-0.15, -0.1) is 10.2 Å². The van der Waals surface area contributed by atoms with Crippen LogP contribution in [-0.4, -0.2) is 32.1 Å². The highest BCUT2D eigenvalue weighted by molar-refractivity contribution is 5.91. The van der Waals surface area contributed by atoms with E-state index in [1.165, 1.54) is 24.3 Å². The van der Waals surface area contributed by atoms with Crippen molar-refractivity contribution in [2.75, 3.05) is 11.9 Å². The van der Waals surface area contributed by atoms with Gasteiger partial charge in [0.2, 0.25) is 5.65 Å². The van der Waals surface area contributed by atoms with Crippen molar-refractivity contribution in [2.24, 2.45) is 0 Å². The van der Waals surface area contributed by atoms with Crippen LogP contribution in [0.15, 0.2) is 72.8 Å². The number of aryl methyl sites for hydroxylation is 1. The van der Waals surface area contributed by atoms with Crippen LogP contribution in [0.5, 0.6) is 17.4 Å². The molecule has 8 nitrogen and oxygen atoms in total. The number of carbonyl (C=O) groups is 1. The number of hydrogen-bond acceptors (Lipinski definition) is 6. The van der Waals surface area contributed by atoms with Gasteiger partial charge in [0.25, 0.3) is 11.8 Å². The van der Waals surface area contributed by atoms with Gasteiger partial charge >= 0.3 is 0 Å². The summed E-state index contributed by atoms with van der Waals surface area (Å²) >= 11 is 0. The molecule has 2 aromatic heterocycles. The van der Waals surface area contributed by atoms with E-state index in [9.17, 15) is 9.18 Å². The number of para-hydroxylation sites is 2. The Morgan fingerprint density at radius 1 is 0.971 bits per heavy atom. The molecule has 0 bridgehead atoms.